The second kappa shape index (κ2) is 8.96. The Labute approximate surface area is 192 Å². The molecule has 3 aromatic rings. The predicted octanol–water partition coefficient (Wildman–Crippen LogP) is 4.83. The van der Waals surface area contributed by atoms with Gasteiger partial charge in [0.15, 0.2) is 0 Å². The van der Waals surface area contributed by atoms with E-state index in [1.54, 1.807) is 36.4 Å². The number of ether oxygens (including phenoxy) is 1. The van der Waals surface area contributed by atoms with Gasteiger partial charge < -0.3 is 9.84 Å². The first-order chi connectivity index (χ1) is 15.8. The summed E-state index contributed by atoms with van der Waals surface area (Å²) in [6, 6.07) is 20.8. The van der Waals surface area contributed by atoms with Gasteiger partial charge in [-0.05, 0) is 28.7 Å². The van der Waals surface area contributed by atoms with Crippen molar-refractivity contribution in [1.82, 2.24) is 0 Å². The highest BCUT2D eigenvalue weighted by molar-refractivity contribution is 6.32. The molecule has 0 unspecified atom stereocenters. The first-order valence-electron chi connectivity index (χ1n) is 10.8. The minimum absolute atomic E-state index is 0.137. The van der Waals surface area contributed by atoms with Crippen LogP contribution < -0.4 is 0 Å². The van der Waals surface area contributed by atoms with Gasteiger partial charge in [0.25, 0.3) is 0 Å². The van der Waals surface area contributed by atoms with Crippen molar-refractivity contribution in [2.45, 2.75) is 32.0 Å². The fourth-order valence-electron chi connectivity index (χ4n) is 3.99. The summed E-state index contributed by atoms with van der Waals surface area (Å²) in [6.45, 7) is 3.82. The molecule has 0 spiro atoms. The van der Waals surface area contributed by atoms with Crippen LogP contribution in [0.5, 0.6) is 0 Å². The third-order valence-corrected chi connectivity index (χ3v) is 5.84. The maximum atomic E-state index is 13.1. The minimum Gasteiger partial charge on any atom is -0.458 e. The molecule has 33 heavy (non-hydrogen) atoms. The fourth-order valence-corrected chi connectivity index (χ4v) is 3.99. The molecule has 1 N–H and O–H groups in total. The molecule has 0 aromatic heterocycles. The summed E-state index contributed by atoms with van der Waals surface area (Å²) in [4.78, 5) is 38.5. The second-order valence-corrected chi connectivity index (χ2v) is 8.34. The number of fused-ring (bicyclic) bond motifs is 1. The normalized spacial score (nSPS) is 14.7. The zero-order chi connectivity index (χ0) is 23.6. The molecule has 0 amide bonds. The van der Waals surface area contributed by atoms with E-state index < -0.39 is 23.1 Å². The molecule has 5 nitrogen and oxygen atoms in total. The summed E-state index contributed by atoms with van der Waals surface area (Å²) in [6.07, 6.45) is 2.96. The zero-order valence-corrected chi connectivity index (χ0v) is 18.4. The molecule has 0 atom stereocenters. The van der Waals surface area contributed by atoms with Gasteiger partial charge in [0, 0.05) is 22.8 Å². The van der Waals surface area contributed by atoms with Crippen molar-refractivity contribution >= 4 is 23.6 Å². The minimum atomic E-state index is -2.35. The van der Waals surface area contributed by atoms with Gasteiger partial charge in [-0.2, -0.15) is 0 Å². The van der Waals surface area contributed by atoms with E-state index in [-0.39, 0.29) is 29.2 Å². The van der Waals surface area contributed by atoms with Gasteiger partial charge in [-0.3, -0.25) is 9.59 Å². The molecule has 1 aliphatic carbocycles. The summed E-state index contributed by atoms with van der Waals surface area (Å²) in [7, 11) is 0. The highest BCUT2D eigenvalue weighted by Gasteiger charge is 2.53. The van der Waals surface area contributed by atoms with Crippen LogP contribution in [-0.2, 0) is 21.7 Å². The largest absolute Gasteiger partial charge is 0.458 e. The second-order valence-electron chi connectivity index (χ2n) is 8.34. The van der Waals surface area contributed by atoms with Crippen molar-refractivity contribution in [3.63, 3.8) is 0 Å². The van der Waals surface area contributed by atoms with Crippen LogP contribution in [0, 0.1) is 0 Å². The fraction of sp³-hybridized carbons (Fsp3) is 0.179. The number of carbonyl (C=O) groups excluding carboxylic acids is 3. The van der Waals surface area contributed by atoms with Crippen LogP contribution in [0.15, 0.2) is 78.9 Å². The molecule has 4 rings (SSSR count). The SMILES string of the molecule is CC(C)c1ccc(C2(O)C(=O)c3ccccc3C2=O)c(COC(=O)/C=C/c2ccccc2)c1. The number of hydrogen-bond donors (Lipinski definition) is 1. The molecule has 0 aliphatic heterocycles. The third kappa shape index (κ3) is 4.15. The summed E-state index contributed by atoms with van der Waals surface area (Å²) in [5.74, 6) is -1.75. The van der Waals surface area contributed by atoms with Gasteiger partial charge >= 0.3 is 5.97 Å². The van der Waals surface area contributed by atoms with Crippen LogP contribution in [0.4, 0.5) is 0 Å². The van der Waals surface area contributed by atoms with E-state index in [0.717, 1.165) is 11.1 Å². The van der Waals surface area contributed by atoms with E-state index in [4.69, 9.17) is 4.74 Å². The summed E-state index contributed by atoms with van der Waals surface area (Å²) < 4.78 is 5.42. The molecular weight excluding hydrogens is 416 g/mol. The Morgan fingerprint density at radius 2 is 1.55 bits per heavy atom. The summed E-state index contributed by atoms with van der Waals surface area (Å²) in [5.41, 5.74) is 0.367. The number of benzene rings is 3. The topological polar surface area (TPSA) is 80.7 Å². The Morgan fingerprint density at radius 1 is 0.939 bits per heavy atom. The van der Waals surface area contributed by atoms with Crippen LogP contribution >= 0.6 is 0 Å². The predicted molar refractivity (Wildman–Crippen MR) is 125 cm³/mol. The molecule has 0 radical (unpaired) electrons. The molecule has 0 saturated heterocycles. The van der Waals surface area contributed by atoms with Crippen LogP contribution in [0.2, 0.25) is 0 Å². The molecule has 0 bridgehead atoms. The molecule has 166 valence electrons. The van der Waals surface area contributed by atoms with E-state index in [1.165, 1.54) is 18.2 Å². The van der Waals surface area contributed by atoms with Crippen LogP contribution in [0.25, 0.3) is 6.08 Å². The van der Waals surface area contributed by atoms with Crippen molar-refractivity contribution in [3.8, 4) is 0 Å². The molecule has 0 fully saturated rings. The van der Waals surface area contributed by atoms with Crippen molar-refractivity contribution in [2.75, 3.05) is 0 Å². The van der Waals surface area contributed by atoms with Gasteiger partial charge in [-0.15, -0.1) is 0 Å². The summed E-state index contributed by atoms with van der Waals surface area (Å²) >= 11 is 0. The Morgan fingerprint density at radius 3 is 2.15 bits per heavy atom. The summed E-state index contributed by atoms with van der Waals surface area (Å²) in [5, 5.41) is 11.4. The van der Waals surface area contributed by atoms with Gasteiger partial charge in [0.05, 0.1) is 0 Å². The number of Topliss-reactive ketones (excluding diaryl/α,β-unsaturated/α-hetero) is 2. The first-order valence-corrected chi connectivity index (χ1v) is 10.8. The number of aliphatic hydroxyl groups is 1. The lowest BCUT2D eigenvalue weighted by molar-refractivity contribution is -0.138. The standard InChI is InChI=1S/C28H24O5/c1-18(2)20-13-14-24(28(32)26(30)22-10-6-7-11-23(22)27(28)31)21(16-20)17-33-25(29)15-12-19-8-4-3-5-9-19/h3-16,18,32H,17H2,1-2H3/b15-12+. The lowest BCUT2D eigenvalue weighted by Crippen LogP contribution is -2.39. The Bertz CT molecular complexity index is 1220. The molecular formula is C28H24O5. The van der Waals surface area contributed by atoms with E-state index in [9.17, 15) is 19.5 Å². The van der Waals surface area contributed by atoms with Crippen molar-refractivity contribution in [1.29, 1.82) is 0 Å². The maximum absolute atomic E-state index is 13.1. The Balaban J connectivity index is 1.65. The van der Waals surface area contributed by atoms with Crippen molar-refractivity contribution in [2.24, 2.45) is 0 Å². The zero-order valence-electron chi connectivity index (χ0n) is 18.4. The third-order valence-electron chi connectivity index (χ3n) is 5.84. The number of carbonyl (C=O) groups is 3. The monoisotopic (exact) mass is 440 g/mol. The van der Waals surface area contributed by atoms with Crippen LogP contribution in [0.1, 0.15) is 62.7 Å². The molecule has 3 aromatic carbocycles. The van der Waals surface area contributed by atoms with Crippen LogP contribution in [-0.4, -0.2) is 22.6 Å². The Kier molecular flexibility index (Phi) is 6.07. The smallest absolute Gasteiger partial charge is 0.331 e. The van der Waals surface area contributed by atoms with Crippen molar-refractivity contribution < 1.29 is 24.2 Å². The molecule has 0 heterocycles. The van der Waals surface area contributed by atoms with Gasteiger partial charge in [0.1, 0.15) is 6.61 Å². The van der Waals surface area contributed by atoms with E-state index >= 15 is 0 Å². The highest BCUT2D eigenvalue weighted by atomic mass is 16.5. The van der Waals surface area contributed by atoms with E-state index in [1.807, 2.05) is 44.2 Å². The van der Waals surface area contributed by atoms with Gasteiger partial charge in [-0.25, -0.2) is 4.79 Å². The molecule has 5 heteroatoms. The lowest BCUT2D eigenvalue weighted by Gasteiger charge is -2.24. The maximum Gasteiger partial charge on any atom is 0.331 e. The van der Waals surface area contributed by atoms with Gasteiger partial charge in [0.2, 0.25) is 17.2 Å². The number of hydrogen-bond acceptors (Lipinski definition) is 5. The number of ketones is 2. The average Bonchev–Trinajstić information content (AvgIpc) is 3.03. The van der Waals surface area contributed by atoms with E-state index in [2.05, 4.69) is 0 Å². The van der Waals surface area contributed by atoms with E-state index in [0.29, 0.717) is 5.56 Å². The molecule has 0 saturated carbocycles. The molecule has 1 aliphatic rings. The Hall–Kier alpha value is -3.83. The van der Waals surface area contributed by atoms with Gasteiger partial charge in [-0.1, -0.05) is 86.6 Å². The van der Waals surface area contributed by atoms with Crippen LogP contribution in [0.3, 0.4) is 0 Å². The number of esters is 1. The average molecular weight is 440 g/mol. The van der Waals surface area contributed by atoms with Crippen molar-refractivity contribution in [3.05, 3.63) is 112 Å². The highest BCUT2D eigenvalue weighted by Crippen LogP contribution is 2.40. The quantitative estimate of drug-likeness (QED) is 0.337. The first kappa shape index (κ1) is 22.4. The number of rotatable bonds is 6. The lowest BCUT2D eigenvalue weighted by atomic mass is 9.84.